The predicted octanol–water partition coefficient (Wildman–Crippen LogP) is 6.31. The van der Waals surface area contributed by atoms with Crippen molar-refractivity contribution in [3.05, 3.63) is 90.0 Å². The Kier molecular flexibility index (Phi) is 7.52. The second-order valence-corrected chi connectivity index (χ2v) is 14.5. The molecule has 0 aromatic heterocycles. The van der Waals surface area contributed by atoms with E-state index in [-0.39, 0.29) is 46.6 Å². The highest BCUT2D eigenvalue weighted by Crippen LogP contribution is 2.59. The summed E-state index contributed by atoms with van der Waals surface area (Å²) in [4.78, 5) is 58.7. The van der Waals surface area contributed by atoms with Crippen molar-refractivity contribution in [2.75, 3.05) is 16.9 Å². The van der Waals surface area contributed by atoms with Crippen LogP contribution in [0.1, 0.15) is 24.3 Å². The Labute approximate surface area is 285 Å². The monoisotopic (exact) mass is 834 g/mol. The third-order valence-corrected chi connectivity index (χ3v) is 11.2. The summed E-state index contributed by atoms with van der Waals surface area (Å²) in [5.74, 6) is -5.06. The molecule has 3 aromatic carbocycles. The number of carbonyl (C=O) groups excluding carboxylic acids is 4. The molecule has 2 saturated heterocycles. The van der Waals surface area contributed by atoms with Crippen LogP contribution in [0.4, 0.5) is 11.4 Å². The number of phenols is 1. The normalized spacial score (nSPS) is 27.7. The van der Waals surface area contributed by atoms with Gasteiger partial charge in [-0.05, 0) is 130 Å². The molecule has 0 bridgehead atoms. The van der Waals surface area contributed by atoms with Gasteiger partial charge in [0, 0.05) is 13.1 Å². The molecule has 8 nitrogen and oxygen atoms in total. The maximum Gasteiger partial charge on any atom is 0.238 e. The molecule has 4 amide bonds. The second kappa shape index (κ2) is 11.1. The Hall–Kier alpha value is -2.97. The quantitative estimate of drug-likeness (QED) is 0.188. The fourth-order valence-corrected chi connectivity index (χ4v) is 8.52. The molecule has 44 heavy (non-hydrogen) atoms. The van der Waals surface area contributed by atoms with E-state index in [1.807, 2.05) is 30.3 Å². The van der Waals surface area contributed by atoms with E-state index in [0.29, 0.717) is 23.4 Å². The van der Waals surface area contributed by atoms with Crippen molar-refractivity contribution < 1.29 is 29.0 Å². The molecule has 6 unspecified atom stereocenters. The van der Waals surface area contributed by atoms with Crippen molar-refractivity contribution >= 4 is 91.8 Å². The molecule has 1 saturated carbocycles. The fraction of sp³-hybridized carbons (Fsp3) is 0.273. The molecule has 7 rings (SSSR count). The van der Waals surface area contributed by atoms with E-state index in [9.17, 15) is 24.3 Å². The van der Waals surface area contributed by atoms with Crippen LogP contribution in [0.15, 0.2) is 72.3 Å². The average Bonchev–Trinajstić information content (AvgIpc) is 3.42. The third kappa shape index (κ3) is 4.50. The molecule has 2 heterocycles. The number of halogens is 3. The van der Waals surface area contributed by atoms with E-state index in [2.05, 4.69) is 45.2 Å². The molecular formula is C33H25ClI2N2O6. The van der Waals surface area contributed by atoms with Gasteiger partial charge in [-0.15, -0.1) is 0 Å². The molecule has 11 heteroatoms. The van der Waals surface area contributed by atoms with Crippen molar-refractivity contribution in [1.82, 2.24) is 0 Å². The number of aromatic hydroxyl groups is 1. The lowest BCUT2D eigenvalue weighted by molar-refractivity contribution is -0.126. The number of amides is 4. The number of imide groups is 2. The molecule has 3 aromatic rings. The summed E-state index contributed by atoms with van der Waals surface area (Å²) < 4.78 is 7.36. The number of carbonyl (C=O) groups is 4. The summed E-state index contributed by atoms with van der Waals surface area (Å²) in [7, 11) is 1.41. The zero-order valence-corrected chi connectivity index (χ0v) is 28.3. The van der Waals surface area contributed by atoms with E-state index in [1.165, 1.54) is 16.9 Å². The lowest BCUT2D eigenvalue weighted by Crippen LogP contribution is -2.43. The first-order valence-electron chi connectivity index (χ1n) is 14.1. The van der Waals surface area contributed by atoms with Crippen LogP contribution in [0.3, 0.4) is 0 Å². The van der Waals surface area contributed by atoms with Crippen molar-refractivity contribution in [3.63, 3.8) is 0 Å². The molecule has 224 valence electrons. The van der Waals surface area contributed by atoms with Gasteiger partial charge < -0.3 is 9.84 Å². The molecule has 2 aliphatic heterocycles. The van der Waals surface area contributed by atoms with Crippen LogP contribution in [0.25, 0.3) is 0 Å². The van der Waals surface area contributed by atoms with Gasteiger partial charge in [-0.3, -0.25) is 29.0 Å². The van der Waals surface area contributed by atoms with E-state index < -0.39 is 35.5 Å². The number of ether oxygens (including phenoxy) is 1. The minimum absolute atomic E-state index is 0.0515. The molecular weight excluding hydrogens is 810 g/mol. The number of nitrogens with zero attached hydrogens (tertiary/aromatic N) is 2. The van der Waals surface area contributed by atoms with Gasteiger partial charge in [0.25, 0.3) is 0 Å². The molecule has 1 N–H and O–H groups in total. The van der Waals surface area contributed by atoms with Crippen molar-refractivity contribution in [3.8, 4) is 11.5 Å². The number of allylic oxidation sites excluding steroid dienone is 2. The third-order valence-electron chi connectivity index (χ3n) is 9.45. The smallest absolute Gasteiger partial charge is 0.238 e. The standard InChI is InChI=1S/C33H25ClI2N2O6/c1-44-25-13-15(12-24(34)29(25)39)26-20-10-11-21-27(32(42)37(30(21)40)18-6-2-16(35)3-7-18)22(20)14-23-28(26)33(43)38(31(23)41)19-8-4-17(36)5-9-19/h2-10,12-13,21-23,26-28,39H,11,14H2,1H3. The Morgan fingerprint density at radius 3 is 1.89 bits per heavy atom. The van der Waals surface area contributed by atoms with Gasteiger partial charge in [0.05, 0.1) is 47.2 Å². The molecule has 0 radical (unpaired) electrons. The second-order valence-electron chi connectivity index (χ2n) is 11.6. The lowest BCUT2D eigenvalue weighted by atomic mass is 9.57. The van der Waals surface area contributed by atoms with Gasteiger partial charge in [-0.25, -0.2) is 0 Å². The molecule has 6 atom stereocenters. The van der Waals surface area contributed by atoms with Crippen molar-refractivity contribution in [1.29, 1.82) is 0 Å². The number of rotatable bonds is 4. The molecule has 4 aliphatic rings. The maximum atomic E-state index is 14.2. The van der Waals surface area contributed by atoms with Gasteiger partial charge in [-0.1, -0.05) is 23.3 Å². The van der Waals surface area contributed by atoms with Gasteiger partial charge in [0.2, 0.25) is 23.6 Å². The zero-order chi connectivity index (χ0) is 31.0. The zero-order valence-electron chi connectivity index (χ0n) is 23.2. The van der Waals surface area contributed by atoms with Crippen LogP contribution >= 0.6 is 56.8 Å². The van der Waals surface area contributed by atoms with Crippen LogP contribution in [-0.4, -0.2) is 35.8 Å². The van der Waals surface area contributed by atoms with Gasteiger partial charge >= 0.3 is 0 Å². The van der Waals surface area contributed by atoms with E-state index in [1.54, 1.807) is 36.4 Å². The summed E-state index contributed by atoms with van der Waals surface area (Å²) in [5, 5.41) is 10.6. The van der Waals surface area contributed by atoms with Crippen LogP contribution in [0, 0.1) is 36.7 Å². The topological polar surface area (TPSA) is 104 Å². The summed E-state index contributed by atoms with van der Waals surface area (Å²) in [5.41, 5.74) is 2.45. The number of hydrogen-bond acceptors (Lipinski definition) is 6. The van der Waals surface area contributed by atoms with Gasteiger partial charge in [0.15, 0.2) is 11.5 Å². The molecule has 3 fully saturated rings. The van der Waals surface area contributed by atoms with Gasteiger partial charge in [-0.2, -0.15) is 0 Å². The first kappa shape index (κ1) is 29.7. The number of hydrogen-bond donors (Lipinski definition) is 1. The highest BCUT2D eigenvalue weighted by atomic mass is 127. The van der Waals surface area contributed by atoms with Crippen molar-refractivity contribution in [2.45, 2.75) is 18.8 Å². The fourth-order valence-electron chi connectivity index (χ4n) is 7.58. The van der Waals surface area contributed by atoms with E-state index >= 15 is 0 Å². The van der Waals surface area contributed by atoms with Crippen LogP contribution in [0.5, 0.6) is 11.5 Å². The maximum absolute atomic E-state index is 14.2. The SMILES string of the molecule is COc1cc(C2C3=CCC4C(=O)N(c5ccc(I)cc5)C(=O)C4C3CC3C(=O)N(c4ccc(I)cc4)C(=O)C32)cc(Cl)c1O. The number of methoxy groups -OCH3 is 1. The van der Waals surface area contributed by atoms with E-state index in [4.69, 9.17) is 16.3 Å². The average molecular weight is 835 g/mol. The number of benzene rings is 3. The number of phenolic OH excluding ortho intramolecular Hbond substituents is 1. The van der Waals surface area contributed by atoms with Crippen LogP contribution in [-0.2, 0) is 19.2 Å². The van der Waals surface area contributed by atoms with Crippen LogP contribution in [0.2, 0.25) is 5.02 Å². The minimum atomic E-state index is -0.759. The summed E-state index contributed by atoms with van der Waals surface area (Å²) >= 11 is 10.8. The summed E-state index contributed by atoms with van der Waals surface area (Å²) in [6, 6.07) is 17.7. The minimum Gasteiger partial charge on any atom is -0.503 e. The Morgan fingerprint density at radius 2 is 1.32 bits per heavy atom. The number of anilines is 2. The molecule has 0 spiro atoms. The lowest BCUT2D eigenvalue weighted by Gasteiger charge is -2.44. The Morgan fingerprint density at radius 1 is 0.773 bits per heavy atom. The molecule has 2 aliphatic carbocycles. The summed E-state index contributed by atoms with van der Waals surface area (Å²) in [6.45, 7) is 0. The highest BCUT2D eigenvalue weighted by Gasteiger charge is 2.62. The largest absolute Gasteiger partial charge is 0.503 e. The first-order valence-corrected chi connectivity index (χ1v) is 16.7. The van der Waals surface area contributed by atoms with E-state index in [0.717, 1.165) is 12.7 Å². The number of fused-ring (bicyclic) bond motifs is 4. The van der Waals surface area contributed by atoms with Crippen LogP contribution < -0.4 is 14.5 Å². The Balaban J connectivity index is 1.35. The predicted molar refractivity (Wildman–Crippen MR) is 180 cm³/mol. The van der Waals surface area contributed by atoms with Crippen molar-refractivity contribution in [2.24, 2.45) is 29.6 Å². The summed E-state index contributed by atoms with van der Waals surface area (Å²) in [6.07, 6.45) is 2.58. The highest BCUT2D eigenvalue weighted by molar-refractivity contribution is 14.1. The first-order chi connectivity index (χ1) is 21.1. The van der Waals surface area contributed by atoms with Gasteiger partial charge in [0.1, 0.15) is 0 Å². The Bertz CT molecular complexity index is 1780.